The fourth-order valence-corrected chi connectivity index (χ4v) is 5.25. The molecule has 0 saturated heterocycles. The minimum Gasteiger partial charge on any atom is -0.152 e. The Hall–Kier alpha value is -0.300. The molecule has 0 aliphatic carbocycles. The highest BCUT2D eigenvalue weighted by molar-refractivity contribution is 7.07. The number of aryl methyl sites for hydroxylation is 1. The molecule has 29 heavy (non-hydrogen) atoms. The van der Waals surface area contributed by atoms with Crippen LogP contribution >= 0.6 is 11.3 Å². The van der Waals surface area contributed by atoms with Crippen LogP contribution < -0.4 is 0 Å². The van der Waals surface area contributed by atoms with Crippen LogP contribution in [0, 0.1) is 5.92 Å². The van der Waals surface area contributed by atoms with E-state index in [0.29, 0.717) is 0 Å². The molecule has 0 aliphatic rings. The molecule has 0 nitrogen and oxygen atoms in total. The standard InChI is InChI=1S/C28H52S/c1-3-5-7-9-11-12-13-15-17-19-21-27(22-23-28-24-25-29-26-28)20-18-16-14-10-8-6-4-2/h24-27H,3-23H2,1-2H3. The van der Waals surface area contributed by atoms with Crippen molar-refractivity contribution < 1.29 is 0 Å². The molecule has 1 aromatic heterocycles. The summed E-state index contributed by atoms with van der Waals surface area (Å²) in [6.07, 6.45) is 30.4. The molecule has 1 unspecified atom stereocenters. The average molecular weight is 421 g/mol. The van der Waals surface area contributed by atoms with Crippen molar-refractivity contribution >= 4 is 11.3 Å². The minimum absolute atomic E-state index is 0.972. The monoisotopic (exact) mass is 420 g/mol. The Bertz CT molecular complexity index is 408. The number of rotatable bonds is 22. The van der Waals surface area contributed by atoms with Gasteiger partial charge in [-0.15, -0.1) is 0 Å². The second-order valence-corrected chi connectivity index (χ2v) is 10.2. The van der Waals surface area contributed by atoms with Crippen LogP contribution in [0.2, 0.25) is 0 Å². The van der Waals surface area contributed by atoms with Crippen LogP contribution in [0.25, 0.3) is 0 Å². The van der Waals surface area contributed by atoms with Gasteiger partial charge in [0, 0.05) is 0 Å². The van der Waals surface area contributed by atoms with Gasteiger partial charge in [-0.2, -0.15) is 11.3 Å². The van der Waals surface area contributed by atoms with Crippen LogP contribution in [0.3, 0.4) is 0 Å². The molecule has 1 rings (SSSR count). The molecule has 170 valence electrons. The third kappa shape index (κ3) is 17.1. The van der Waals surface area contributed by atoms with Crippen molar-refractivity contribution in [2.24, 2.45) is 5.92 Å². The summed E-state index contributed by atoms with van der Waals surface area (Å²) in [5.41, 5.74) is 1.57. The number of hydrogen-bond donors (Lipinski definition) is 0. The summed E-state index contributed by atoms with van der Waals surface area (Å²) in [6, 6.07) is 2.33. The Kier molecular flexibility index (Phi) is 19.3. The molecule has 0 N–H and O–H groups in total. The van der Waals surface area contributed by atoms with Gasteiger partial charge < -0.3 is 0 Å². The second-order valence-electron chi connectivity index (χ2n) is 9.42. The van der Waals surface area contributed by atoms with Crippen molar-refractivity contribution in [1.82, 2.24) is 0 Å². The topological polar surface area (TPSA) is 0 Å². The quantitative estimate of drug-likeness (QED) is 0.164. The van der Waals surface area contributed by atoms with Crippen molar-refractivity contribution in [3.05, 3.63) is 22.4 Å². The van der Waals surface area contributed by atoms with E-state index in [0.717, 1.165) is 5.92 Å². The Labute approximate surface area is 188 Å². The predicted octanol–water partition coefficient (Wildman–Crippen LogP) is 10.7. The first-order chi connectivity index (χ1) is 14.4. The fraction of sp³-hybridized carbons (Fsp3) is 0.857. The molecule has 0 spiro atoms. The van der Waals surface area contributed by atoms with Crippen molar-refractivity contribution in [2.45, 2.75) is 149 Å². The van der Waals surface area contributed by atoms with Crippen molar-refractivity contribution in [3.63, 3.8) is 0 Å². The number of hydrogen-bond acceptors (Lipinski definition) is 1. The summed E-state index contributed by atoms with van der Waals surface area (Å²) in [7, 11) is 0. The number of thiophene rings is 1. The van der Waals surface area contributed by atoms with Crippen molar-refractivity contribution in [3.8, 4) is 0 Å². The highest BCUT2D eigenvalue weighted by Crippen LogP contribution is 2.24. The van der Waals surface area contributed by atoms with Gasteiger partial charge in [0.05, 0.1) is 0 Å². The van der Waals surface area contributed by atoms with Gasteiger partial charge in [-0.3, -0.25) is 0 Å². The molecule has 1 heteroatoms. The van der Waals surface area contributed by atoms with Crippen molar-refractivity contribution in [1.29, 1.82) is 0 Å². The molecule has 0 radical (unpaired) electrons. The molecule has 1 atom stereocenters. The van der Waals surface area contributed by atoms with Gasteiger partial charge in [0.15, 0.2) is 0 Å². The van der Waals surface area contributed by atoms with Gasteiger partial charge in [0.2, 0.25) is 0 Å². The predicted molar refractivity (Wildman–Crippen MR) is 135 cm³/mol. The van der Waals surface area contributed by atoms with E-state index < -0.39 is 0 Å². The zero-order valence-electron chi connectivity index (χ0n) is 20.1. The lowest BCUT2D eigenvalue weighted by molar-refractivity contribution is 0.380. The normalized spacial score (nSPS) is 12.5. The Morgan fingerprint density at radius 1 is 0.586 bits per heavy atom. The van der Waals surface area contributed by atoms with Gasteiger partial charge in [-0.05, 0) is 41.1 Å². The van der Waals surface area contributed by atoms with E-state index in [1.807, 2.05) is 11.3 Å². The molecular weight excluding hydrogens is 368 g/mol. The SMILES string of the molecule is CCCCCCCCCCCCC(CCCCCCCCC)CCc1ccsc1. The summed E-state index contributed by atoms with van der Waals surface area (Å²) in [6.45, 7) is 4.62. The molecule has 1 heterocycles. The fourth-order valence-electron chi connectivity index (χ4n) is 4.55. The molecule has 0 aliphatic heterocycles. The van der Waals surface area contributed by atoms with E-state index in [1.165, 1.54) is 135 Å². The maximum Gasteiger partial charge on any atom is -0.00613 e. The molecule has 0 amide bonds. The maximum absolute atomic E-state index is 2.35. The molecule has 0 saturated carbocycles. The van der Waals surface area contributed by atoms with E-state index in [9.17, 15) is 0 Å². The minimum atomic E-state index is 0.972. The summed E-state index contributed by atoms with van der Waals surface area (Å²) < 4.78 is 0. The van der Waals surface area contributed by atoms with Gasteiger partial charge in [-0.25, -0.2) is 0 Å². The molecular formula is C28H52S. The van der Waals surface area contributed by atoms with Gasteiger partial charge >= 0.3 is 0 Å². The van der Waals surface area contributed by atoms with Crippen LogP contribution in [0.1, 0.15) is 148 Å². The smallest absolute Gasteiger partial charge is 0.00613 e. The first-order valence-electron chi connectivity index (χ1n) is 13.4. The largest absolute Gasteiger partial charge is 0.152 e. The molecule has 0 bridgehead atoms. The highest BCUT2D eigenvalue weighted by atomic mass is 32.1. The lowest BCUT2D eigenvalue weighted by Gasteiger charge is -2.17. The highest BCUT2D eigenvalue weighted by Gasteiger charge is 2.09. The summed E-state index contributed by atoms with van der Waals surface area (Å²) >= 11 is 1.86. The molecule has 0 aromatic carbocycles. The lowest BCUT2D eigenvalue weighted by atomic mass is 9.89. The average Bonchev–Trinajstić information content (AvgIpc) is 3.25. The van der Waals surface area contributed by atoms with Gasteiger partial charge in [-0.1, -0.05) is 136 Å². The molecule has 1 aromatic rings. The second kappa shape index (κ2) is 21.0. The lowest BCUT2D eigenvalue weighted by Crippen LogP contribution is -2.03. The van der Waals surface area contributed by atoms with E-state index in [4.69, 9.17) is 0 Å². The van der Waals surface area contributed by atoms with Crippen LogP contribution in [0.4, 0.5) is 0 Å². The summed E-state index contributed by atoms with van der Waals surface area (Å²) in [4.78, 5) is 0. The van der Waals surface area contributed by atoms with Gasteiger partial charge in [0.1, 0.15) is 0 Å². The van der Waals surface area contributed by atoms with Crippen LogP contribution in [-0.2, 0) is 6.42 Å². The molecule has 0 fully saturated rings. The summed E-state index contributed by atoms with van der Waals surface area (Å²) in [5, 5.41) is 4.59. The van der Waals surface area contributed by atoms with E-state index >= 15 is 0 Å². The number of unbranched alkanes of at least 4 members (excludes halogenated alkanes) is 15. The Balaban J connectivity index is 2.09. The van der Waals surface area contributed by atoms with Crippen LogP contribution in [0.5, 0.6) is 0 Å². The third-order valence-electron chi connectivity index (χ3n) is 6.60. The zero-order valence-corrected chi connectivity index (χ0v) is 20.9. The first kappa shape index (κ1) is 26.7. The van der Waals surface area contributed by atoms with E-state index in [1.54, 1.807) is 5.56 Å². The summed E-state index contributed by atoms with van der Waals surface area (Å²) in [5.74, 6) is 0.972. The van der Waals surface area contributed by atoms with Gasteiger partial charge in [0.25, 0.3) is 0 Å². The maximum atomic E-state index is 2.35. The van der Waals surface area contributed by atoms with E-state index in [-0.39, 0.29) is 0 Å². The van der Waals surface area contributed by atoms with Crippen LogP contribution in [-0.4, -0.2) is 0 Å². The first-order valence-corrected chi connectivity index (χ1v) is 14.3. The third-order valence-corrected chi connectivity index (χ3v) is 7.34. The Morgan fingerprint density at radius 2 is 1.03 bits per heavy atom. The van der Waals surface area contributed by atoms with Crippen LogP contribution in [0.15, 0.2) is 16.8 Å². The zero-order chi connectivity index (χ0) is 20.8. The Morgan fingerprint density at radius 3 is 1.45 bits per heavy atom. The van der Waals surface area contributed by atoms with E-state index in [2.05, 4.69) is 30.7 Å². The van der Waals surface area contributed by atoms with Crippen molar-refractivity contribution in [2.75, 3.05) is 0 Å².